The summed E-state index contributed by atoms with van der Waals surface area (Å²) >= 11 is 5.95. The van der Waals surface area contributed by atoms with E-state index in [-0.39, 0.29) is 5.91 Å². The van der Waals surface area contributed by atoms with Crippen LogP contribution in [0, 0.1) is 11.8 Å². The largest absolute Gasteiger partial charge is 0.356 e. The first kappa shape index (κ1) is 16.3. The molecular formula is C17H25ClN2O. The van der Waals surface area contributed by atoms with E-state index < -0.39 is 0 Å². The van der Waals surface area contributed by atoms with E-state index >= 15 is 0 Å². The molecule has 4 heteroatoms. The van der Waals surface area contributed by atoms with E-state index in [1.165, 1.54) is 12.8 Å². The zero-order valence-corrected chi connectivity index (χ0v) is 13.5. The molecule has 0 radical (unpaired) electrons. The van der Waals surface area contributed by atoms with Gasteiger partial charge in [-0.2, -0.15) is 0 Å². The lowest BCUT2D eigenvalue weighted by Crippen LogP contribution is -2.36. The van der Waals surface area contributed by atoms with Gasteiger partial charge in [0, 0.05) is 18.0 Å². The van der Waals surface area contributed by atoms with Crippen molar-refractivity contribution in [2.45, 2.75) is 32.6 Å². The van der Waals surface area contributed by atoms with Gasteiger partial charge in [-0.25, -0.2) is 0 Å². The molecule has 1 heterocycles. The zero-order valence-electron chi connectivity index (χ0n) is 12.7. The average Bonchev–Trinajstić information content (AvgIpc) is 2.48. The Balaban J connectivity index is 1.67. The molecule has 0 spiro atoms. The van der Waals surface area contributed by atoms with Gasteiger partial charge in [0.25, 0.3) is 0 Å². The van der Waals surface area contributed by atoms with Crippen LogP contribution in [0.2, 0.25) is 5.02 Å². The maximum absolute atomic E-state index is 12.0. The van der Waals surface area contributed by atoms with Gasteiger partial charge >= 0.3 is 0 Å². The van der Waals surface area contributed by atoms with Crippen molar-refractivity contribution in [2.24, 2.45) is 11.8 Å². The van der Waals surface area contributed by atoms with Gasteiger partial charge in [0.1, 0.15) is 0 Å². The maximum atomic E-state index is 12.0. The highest BCUT2D eigenvalue weighted by molar-refractivity contribution is 6.30. The van der Waals surface area contributed by atoms with Crippen LogP contribution in [0.1, 0.15) is 31.7 Å². The number of hydrogen-bond donors (Lipinski definition) is 2. The molecule has 116 valence electrons. The molecule has 1 amide bonds. The molecule has 0 aromatic heterocycles. The quantitative estimate of drug-likeness (QED) is 0.848. The van der Waals surface area contributed by atoms with Crippen molar-refractivity contribution in [3.8, 4) is 0 Å². The molecule has 2 unspecified atom stereocenters. The third-order valence-corrected chi connectivity index (χ3v) is 4.51. The van der Waals surface area contributed by atoms with E-state index in [0.717, 1.165) is 30.1 Å². The number of rotatable bonds is 6. The van der Waals surface area contributed by atoms with Crippen molar-refractivity contribution in [1.82, 2.24) is 10.6 Å². The number of hydrogen-bond acceptors (Lipinski definition) is 2. The lowest BCUT2D eigenvalue weighted by atomic mass is 9.85. The molecule has 2 atom stereocenters. The summed E-state index contributed by atoms with van der Waals surface area (Å²) in [7, 11) is 0. The molecule has 1 fully saturated rings. The van der Waals surface area contributed by atoms with Gasteiger partial charge in [0.05, 0.1) is 0 Å². The fourth-order valence-electron chi connectivity index (χ4n) is 2.93. The van der Waals surface area contributed by atoms with Crippen molar-refractivity contribution in [2.75, 3.05) is 19.6 Å². The smallest absolute Gasteiger partial charge is 0.220 e. The van der Waals surface area contributed by atoms with Crippen molar-refractivity contribution in [1.29, 1.82) is 0 Å². The molecule has 0 aliphatic carbocycles. The molecule has 2 rings (SSSR count). The number of amides is 1. The predicted molar refractivity (Wildman–Crippen MR) is 87.5 cm³/mol. The Hall–Kier alpha value is -1.06. The summed E-state index contributed by atoms with van der Waals surface area (Å²) in [6.45, 7) is 5.04. The first-order valence-electron chi connectivity index (χ1n) is 7.87. The minimum atomic E-state index is 0.162. The fraction of sp³-hybridized carbons (Fsp3) is 0.588. The molecule has 2 N–H and O–H groups in total. The lowest BCUT2D eigenvalue weighted by Gasteiger charge is -2.28. The van der Waals surface area contributed by atoms with Crippen LogP contribution in [-0.2, 0) is 11.2 Å². The summed E-state index contributed by atoms with van der Waals surface area (Å²) in [5.74, 6) is 1.25. The molecular weight excluding hydrogens is 284 g/mol. The Kier molecular flexibility index (Phi) is 6.52. The molecule has 1 aliphatic rings. The number of carbonyl (C=O) groups is 1. The number of halogens is 1. The molecule has 0 bridgehead atoms. The van der Waals surface area contributed by atoms with Gasteiger partial charge in [-0.1, -0.05) is 30.7 Å². The molecule has 1 aromatic rings. The Labute approximate surface area is 132 Å². The minimum Gasteiger partial charge on any atom is -0.356 e. The summed E-state index contributed by atoms with van der Waals surface area (Å²) in [6, 6.07) is 7.79. The third-order valence-electron chi connectivity index (χ3n) is 4.27. The predicted octanol–water partition coefficient (Wildman–Crippen LogP) is 3.02. The molecule has 0 saturated carbocycles. The second kappa shape index (κ2) is 8.40. The average molecular weight is 309 g/mol. The van der Waals surface area contributed by atoms with Crippen LogP contribution in [0.3, 0.4) is 0 Å². The van der Waals surface area contributed by atoms with E-state index in [4.69, 9.17) is 11.6 Å². The van der Waals surface area contributed by atoms with Gasteiger partial charge in [0.2, 0.25) is 5.91 Å². The Bertz CT molecular complexity index is 458. The summed E-state index contributed by atoms with van der Waals surface area (Å²) in [4.78, 5) is 12.0. The van der Waals surface area contributed by atoms with Crippen LogP contribution in [0.4, 0.5) is 0 Å². The van der Waals surface area contributed by atoms with Gasteiger partial charge in [-0.15, -0.1) is 0 Å². The second-order valence-corrected chi connectivity index (χ2v) is 6.45. The SMILES string of the molecule is CC(CC(=O)NCCc1cccc(Cl)c1)C1CCCNC1. The first-order chi connectivity index (χ1) is 10.1. The lowest BCUT2D eigenvalue weighted by molar-refractivity contribution is -0.122. The van der Waals surface area contributed by atoms with Crippen molar-refractivity contribution in [3.63, 3.8) is 0 Å². The van der Waals surface area contributed by atoms with Gasteiger partial charge in [0.15, 0.2) is 0 Å². The first-order valence-corrected chi connectivity index (χ1v) is 8.25. The highest BCUT2D eigenvalue weighted by atomic mass is 35.5. The molecule has 21 heavy (non-hydrogen) atoms. The number of nitrogens with one attached hydrogen (secondary N) is 2. The van der Waals surface area contributed by atoms with Crippen molar-refractivity contribution >= 4 is 17.5 Å². The molecule has 1 aliphatic heterocycles. The zero-order chi connectivity index (χ0) is 15.1. The minimum absolute atomic E-state index is 0.162. The number of benzene rings is 1. The topological polar surface area (TPSA) is 41.1 Å². The Morgan fingerprint density at radius 3 is 3.10 bits per heavy atom. The van der Waals surface area contributed by atoms with Gasteiger partial charge in [-0.3, -0.25) is 4.79 Å². The van der Waals surface area contributed by atoms with Crippen molar-refractivity contribution in [3.05, 3.63) is 34.9 Å². The maximum Gasteiger partial charge on any atom is 0.220 e. The van der Waals surface area contributed by atoms with Gasteiger partial charge < -0.3 is 10.6 Å². The molecule has 1 saturated heterocycles. The van der Waals surface area contributed by atoms with Crippen LogP contribution in [0.25, 0.3) is 0 Å². The number of carbonyl (C=O) groups excluding carboxylic acids is 1. The van der Waals surface area contributed by atoms with Crippen LogP contribution < -0.4 is 10.6 Å². The second-order valence-electron chi connectivity index (χ2n) is 6.02. The van der Waals surface area contributed by atoms with Crippen LogP contribution >= 0.6 is 11.6 Å². The van der Waals surface area contributed by atoms with Crippen molar-refractivity contribution < 1.29 is 4.79 Å². The van der Waals surface area contributed by atoms with Crippen LogP contribution in [0.15, 0.2) is 24.3 Å². The summed E-state index contributed by atoms with van der Waals surface area (Å²) in [5.41, 5.74) is 1.16. The van der Waals surface area contributed by atoms with Crippen LogP contribution in [0.5, 0.6) is 0 Å². The Morgan fingerprint density at radius 1 is 1.52 bits per heavy atom. The van der Waals surface area contributed by atoms with Crippen LogP contribution in [-0.4, -0.2) is 25.5 Å². The van der Waals surface area contributed by atoms with E-state index in [1.54, 1.807) is 0 Å². The molecule has 1 aromatic carbocycles. The fourth-order valence-corrected chi connectivity index (χ4v) is 3.15. The summed E-state index contributed by atoms with van der Waals surface area (Å²) in [6.07, 6.45) is 3.92. The summed E-state index contributed by atoms with van der Waals surface area (Å²) < 4.78 is 0. The number of piperidine rings is 1. The summed E-state index contributed by atoms with van der Waals surface area (Å²) in [5, 5.41) is 7.18. The third kappa shape index (κ3) is 5.68. The van der Waals surface area contributed by atoms with Gasteiger partial charge in [-0.05, 0) is 61.9 Å². The normalized spacial score (nSPS) is 20.0. The van der Waals surface area contributed by atoms with E-state index in [2.05, 4.69) is 17.6 Å². The highest BCUT2D eigenvalue weighted by Gasteiger charge is 2.21. The highest BCUT2D eigenvalue weighted by Crippen LogP contribution is 2.22. The van der Waals surface area contributed by atoms with E-state index in [0.29, 0.717) is 24.8 Å². The van der Waals surface area contributed by atoms with E-state index in [9.17, 15) is 4.79 Å². The monoisotopic (exact) mass is 308 g/mol. The van der Waals surface area contributed by atoms with E-state index in [1.807, 2.05) is 24.3 Å². The Morgan fingerprint density at radius 2 is 2.38 bits per heavy atom. The molecule has 3 nitrogen and oxygen atoms in total. The standard InChI is InChI=1S/C17H25ClN2O/c1-13(15-5-3-8-19-12-15)10-17(21)20-9-7-14-4-2-6-16(18)11-14/h2,4,6,11,13,15,19H,3,5,7-10,12H2,1H3,(H,20,21).